The van der Waals surface area contributed by atoms with E-state index in [1.807, 2.05) is 60.7 Å². The maximum Gasteiger partial charge on any atom is 0.269 e. The Morgan fingerprint density at radius 2 is 1.32 bits per heavy atom. The number of rotatable bonds is 5. The molecule has 0 aliphatic heterocycles. The SMILES string of the molecule is O=[N+]([O-])c1ccc(C(Cl)=NC(c2ccccc2)c2ccccc2)cc1. The van der Waals surface area contributed by atoms with Crippen LogP contribution >= 0.6 is 11.6 Å². The zero-order chi connectivity index (χ0) is 17.6. The van der Waals surface area contributed by atoms with Gasteiger partial charge >= 0.3 is 0 Å². The van der Waals surface area contributed by atoms with Crippen LogP contribution in [0.15, 0.2) is 89.9 Å². The minimum atomic E-state index is -0.439. The first kappa shape index (κ1) is 16.9. The fourth-order valence-electron chi connectivity index (χ4n) is 2.52. The largest absolute Gasteiger partial charge is 0.269 e. The number of nitro benzene ring substituents is 1. The summed E-state index contributed by atoms with van der Waals surface area (Å²) in [5.41, 5.74) is 2.71. The van der Waals surface area contributed by atoms with Crippen molar-refractivity contribution in [3.8, 4) is 0 Å². The van der Waals surface area contributed by atoms with E-state index >= 15 is 0 Å². The van der Waals surface area contributed by atoms with Crippen LogP contribution in [0.25, 0.3) is 0 Å². The Bertz CT molecular complexity index is 839. The van der Waals surface area contributed by atoms with Crippen LogP contribution in [0.3, 0.4) is 0 Å². The van der Waals surface area contributed by atoms with Gasteiger partial charge in [-0.1, -0.05) is 72.3 Å². The highest BCUT2D eigenvalue weighted by atomic mass is 35.5. The Morgan fingerprint density at radius 3 is 1.76 bits per heavy atom. The van der Waals surface area contributed by atoms with Crippen LogP contribution in [0.4, 0.5) is 5.69 Å². The molecular weight excluding hydrogens is 336 g/mol. The number of non-ortho nitro benzene ring substituents is 1. The summed E-state index contributed by atoms with van der Waals surface area (Å²) in [6, 6.07) is 25.6. The summed E-state index contributed by atoms with van der Waals surface area (Å²) in [4.78, 5) is 15.0. The third-order valence-corrected chi connectivity index (χ3v) is 4.11. The van der Waals surface area contributed by atoms with Gasteiger partial charge in [-0.25, -0.2) is 0 Å². The summed E-state index contributed by atoms with van der Waals surface area (Å²) in [6.45, 7) is 0. The normalized spacial score (nSPS) is 11.5. The quantitative estimate of drug-likeness (QED) is 0.353. The topological polar surface area (TPSA) is 55.5 Å². The molecule has 0 saturated heterocycles. The third kappa shape index (κ3) is 4.11. The third-order valence-electron chi connectivity index (χ3n) is 3.79. The Labute approximate surface area is 150 Å². The van der Waals surface area contributed by atoms with Gasteiger partial charge in [-0.3, -0.25) is 15.1 Å². The van der Waals surface area contributed by atoms with Crippen LogP contribution in [0.1, 0.15) is 22.7 Å². The number of nitrogens with zero attached hydrogens (tertiary/aromatic N) is 2. The lowest BCUT2D eigenvalue weighted by molar-refractivity contribution is -0.384. The molecule has 0 spiro atoms. The van der Waals surface area contributed by atoms with Crippen LogP contribution in [0, 0.1) is 10.1 Å². The van der Waals surface area contributed by atoms with E-state index in [9.17, 15) is 10.1 Å². The number of nitro groups is 1. The molecule has 0 radical (unpaired) electrons. The Balaban J connectivity index is 1.99. The first-order chi connectivity index (χ1) is 12.1. The highest BCUT2D eigenvalue weighted by Crippen LogP contribution is 2.27. The van der Waals surface area contributed by atoms with Crippen molar-refractivity contribution in [3.05, 3.63) is 112 Å². The lowest BCUT2D eigenvalue weighted by atomic mass is 9.99. The van der Waals surface area contributed by atoms with E-state index in [2.05, 4.69) is 4.99 Å². The molecular formula is C20H15ClN2O2. The van der Waals surface area contributed by atoms with E-state index in [0.29, 0.717) is 10.7 Å². The molecule has 0 atom stereocenters. The van der Waals surface area contributed by atoms with Crippen LogP contribution < -0.4 is 0 Å². The lowest BCUT2D eigenvalue weighted by Crippen LogP contribution is -2.02. The fraction of sp³-hybridized carbons (Fsp3) is 0.0500. The maximum absolute atomic E-state index is 10.8. The molecule has 4 nitrogen and oxygen atoms in total. The zero-order valence-corrected chi connectivity index (χ0v) is 14.0. The summed E-state index contributed by atoms with van der Waals surface area (Å²) < 4.78 is 0. The van der Waals surface area contributed by atoms with Crippen LogP contribution in [0.5, 0.6) is 0 Å². The molecule has 0 aliphatic carbocycles. The molecule has 0 fully saturated rings. The average molecular weight is 351 g/mol. The number of hydrogen-bond donors (Lipinski definition) is 0. The minimum absolute atomic E-state index is 0.0240. The molecule has 124 valence electrons. The number of aliphatic imine (C=N–C) groups is 1. The highest BCUT2D eigenvalue weighted by Gasteiger charge is 2.14. The van der Waals surface area contributed by atoms with Gasteiger partial charge < -0.3 is 0 Å². The standard InChI is InChI=1S/C20H15ClN2O2/c21-20(17-11-13-18(14-12-17)23(24)25)22-19(15-7-3-1-4-8-15)16-9-5-2-6-10-16/h1-14,19H. The van der Waals surface area contributed by atoms with E-state index < -0.39 is 4.92 Å². The van der Waals surface area contributed by atoms with Gasteiger partial charge in [0.1, 0.15) is 11.2 Å². The molecule has 0 bridgehead atoms. The number of benzene rings is 3. The molecule has 3 rings (SSSR count). The van der Waals surface area contributed by atoms with E-state index in [0.717, 1.165) is 11.1 Å². The summed E-state index contributed by atoms with van der Waals surface area (Å²) >= 11 is 6.41. The van der Waals surface area contributed by atoms with E-state index in [1.54, 1.807) is 12.1 Å². The lowest BCUT2D eigenvalue weighted by Gasteiger charge is -2.14. The molecule has 0 unspecified atom stereocenters. The molecule has 0 N–H and O–H groups in total. The van der Waals surface area contributed by atoms with Gasteiger partial charge in [0.05, 0.1) is 4.92 Å². The van der Waals surface area contributed by atoms with Crippen molar-refractivity contribution >= 4 is 22.5 Å². The number of hydrogen-bond acceptors (Lipinski definition) is 3. The van der Waals surface area contributed by atoms with E-state index in [-0.39, 0.29) is 11.7 Å². The van der Waals surface area contributed by atoms with Gasteiger partial charge in [-0.15, -0.1) is 0 Å². The Kier molecular flexibility index (Phi) is 5.21. The van der Waals surface area contributed by atoms with Gasteiger partial charge in [0.15, 0.2) is 0 Å². The molecule has 0 aliphatic rings. The second-order valence-electron chi connectivity index (χ2n) is 5.45. The van der Waals surface area contributed by atoms with Crippen molar-refractivity contribution in [2.45, 2.75) is 6.04 Å². The molecule has 5 heteroatoms. The van der Waals surface area contributed by atoms with Crippen molar-refractivity contribution in [2.75, 3.05) is 0 Å². The molecule has 0 heterocycles. The maximum atomic E-state index is 10.8. The summed E-state index contributed by atoms with van der Waals surface area (Å²) in [6.07, 6.45) is 0. The molecule has 3 aromatic carbocycles. The molecule has 0 aromatic heterocycles. The fourth-order valence-corrected chi connectivity index (χ4v) is 2.74. The average Bonchev–Trinajstić information content (AvgIpc) is 2.67. The highest BCUT2D eigenvalue weighted by molar-refractivity contribution is 6.69. The van der Waals surface area contributed by atoms with Gasteiger partial charge in [0.25, 0.3) is 5.69 Å². The predicted octanol–water partition coefficient (Wildman–Crippen LogP) is 5.37. The van der Waals surface area contributed by atoms with Crippen molar-refractivity contribution in [1.82, 2.24) is 0 Å². The van der Waals surface area contributed by atoms with Crippen molar-refractivity contribution in [2.24, 2.45) is 4.99 Å². The van der Waals surface area contributed by atoms with Gasteiger partial charge in [0, 0.05) is 17.7 Å². The minimum Gasteiger partial charge on any atom is -0.260 e. The van der Waals surface area contributed by atoms with Crippen LogP contribution in [0.2, 0.25) is 0 Å². The van der Waals surface area contributed by atoms with Crippen molar-refractivity contribution in [3.63, 3.8) is 0 Å². The molecule has 0 amide bonds. The number of halogens is 1. The van der Waals surface area contributed by atoms with E-state index in [4.69, 9.17) is 11.6 Å². The van der Waals surface area contributed by atoms with Gasteiger partial charge in [0.2, 0.25) is 0 Å². The van der Waals surface area contributed by atoms with Crippen LogP contribution in [-0.2, 0) is 0 Å². The second kappa shape index (κ2) is 7.73. The van der Waals surface area contributed by atoms with Gasteiger partial charge in [-0.2, -0.15) is 0 Å². The summed E-state index contributed by atoms with van der Waals surface area (Å²) in [5.74, 6) is 0. The second-order valence-corrected chi connectivity index (χ2v) is 5.81. The summed E-state index contributed by atoms with van der Waals surface area (Å²) in [7, 11) is 0. The predicted molar refractivity (Wildman–Crippen MR) is 100 cm³/mol. The first-order valence-corrected chi connectivity index (χ1v) is 8.11. The van der Waals surface area contributed by atoms with E-state index in [1.165, 1.54) is 12.1 Å². The van der Waals surface area contributed by atoms with Gasteiger partial charge in [-0.05, 0) is 23.3 Å². The molecule has 0 saturated carbocycles. The monoisotopic (exact) mass is 350 g/mol. The van der Waals surface area contributed by atoms with Crippen molar-refractivity contribution < 1.29 is 4.92 Å². The van der Waals surface area contributed by atoms with Crippen LogP contribution in [-0.4, -0.2) is 10.1 Å². The van der Waals surface area contributed by atoms with Crippen molar-refractivity contribution in [1.29, 1.82) is 0 Å². The smallest absolute Gasteiger partial charge is 0.260 e. The Morgan fingerprint density at radius 1 is 0.840 bits per heavy atom. The Hall–Kier alpha value is -2.98. The zero-order valence-electron chi connectivity index (χ0n) is 13.2. The first-order valence-electron chi connectivity index (χ1n) is 7.73. The summed E-state index contributed by atoms with van der Waals surface area (Å²) in [5, 5.41) is 11.1. The molecule has 3 aromatic rings. The molecule has 25 heavy (non-hydrogen) atoms.